The van der Waals surface area contributed by atoms with Crippen LogP contribution in [-0.4, -0.2) is 18.7 Å². The summed E-state index contributed by atoms with van der Waals surface area (Å²) in [6.07, 6.45) is 4.01. The van der Waals surface area contributed by atoms with E-state index < -0.39 is 22.9 Å². The zero-order chi connectivity index (χ0) is 19.9. The van der Waals surface area contributed by atoms with Gasteiger partial charge in [0.25, 0.3) is 0 Å². The first-order valence-corrected chi connectivity index (χ1v) is 9.12. The second-order valence-electron chi connectivity index (χ2n) is 9.26. The number of hydrogen-bond acceptors (Lipinski definition) is 3. The summed E-state index contributed by atoms with van der Waals surface area (Å²) in [5, 5.41) is 12.3. The maximum atomic E-state index is 12.3. The first kappa shape index (κ1) is 20.4. The molecular weight excluding hydrogens is 324 g/mol. The molecule has 3 nitrogen and oxygen atoms in total. The Bertz CT molecular complexity index is 756. The first-order valence-electron chi connectivity index (χ1n) is 9.12. The van der Waals surface area contributed by atoms with Crippen molar-refractivity contribution in [3.8, 4) is 0 Å². The second kappa shape index (κ2) is 6.70. The molecule has 1 aromatic carbocycles. The third kappa shape index (κ3) is 3.37. The van der Waals surface area contributed by atoms with Gasteiger partial charge in [-0.1, -0.05) is 77.5 Å². The fourth-order valence-corrected chi connectivity index (χ4v) is 3.97. The van der Waals surface area contributed by atoms with E-state index >= 15 is 0 Å². The topological polar surface area (TPSA) is 49.4 Å². The monoisotopic (exact) mass is 355 g/mol. The molecule has 3 heteroatoms. The van der Waals surface area contributed by atoms with Gasteiger partial charge in [-0.15, -0.1) is 0 Å². The lowest BCUT2D eigenvalue weighted by atomic mass is 9.59. The van der Waals surface area contributed by atoms with Gasteiger partial charge in [0.1, 0.15) is 5.60 Å². The van der Waals surface area contributed by atoms with Gasteiger partial charge in [-0.3, -0.25) is 0 Å². The zero-order valence-electron chi connectivity index (χ0n) is 17.3. The van der Waals surface area contributed by atoms with Crippen molar-refractivity contribution in [2.24, 2.45) is 16.7 Å². The van der Waals surface area contributed by atoms with E-state index in [-0.39, 0.29) is 5.41 Å². The van der Waals surface area contributed by atoms with E-state index in [1.807, 2.05) is 65.8 Å². The van der Waals surface area contributed by atoms with Crippen LogP contribution in [0.2, 0.25) is 0 Å². The molecule has 0 fully saturated rings. The Hall–Kier alpha value is -1.87. The lowest BCUT2D eigenvalue weighted by Gasteiger charge is -2.52. The number of methoxy groups -OCH3 is 1. The maximum Gasteiger partial charge on any atom is 0.103 e. The van der Waals surface area contributed by atoms with Gasteiger partial charge in [0.15, 0.2) is 0 Å². The molecule has 0 bridgehead atoms. The van der Waals surface area contributed by atoms with Crippen molar-refractivity contribution in [1.82, 2.24) is 0 Å². The van der Waals surface area contributed by atoms with Crippen LogP contribution in [0.25, 0.3) is 5.57 Å². The van der Waals surface area contributed by atoms with Crippen molar-refractivity contribution in [2.45, 2.75) is 54.1 Å². The highest BCUT2D eigenvalue weighted by Crippen LogP contribution is 2.52. The van der Waals surface area contributed by atoms with Gasteiger partial charge in [-0.2, -0.15) is 0 Å². The van der Waals surface area contributed by atoms with E-state index in [9.17, 15) is 9.90 Å². The summed E-state index contributed by atoms with van der Waals surface area (Å²) in [5.74, 6) is -1.94. The summed E-state index contributed by atoms with van der Waals surface area (Å²) in [6.45, 7) is 14.2. The van der Waals surface area contributed by atoms with Crippen LogP contribution in [0.3, 0.4) is 0 Å². The average molecular weight is 355 g/mol. The molecule has 0 aromatic heterocycles. The molecule has 142 valence electrons. The van der Waals surface area contributed by atoms with Crippen LogP contribution in [0.5, 0.6) is 0 Å². The maximum absolute atomic E-state index is 12.3. The third-order valence-corrected chi connectivity index (χ3v) is 5.49. The molecule has 1 aliphatic rings. The molecule has 0 N–H and O–H groups in total. The number of rotatable bonds is 3. The molecule has 0 spiro atoms. The van der Waals surface area contributed by atoms with Gasteiger partial charge in [-0.05, 0) is 40.5 Å². The SMILES string of the molecule is COC1(C(C)(C)C)C=C(c2ccccc2C)C=C(C(C)(C)C)C1C(=O)[O-]. The van der Waals surface area contributed by atoms with E-state index in [0.29, 0.717) is 0 Å². The Labute approximate surface area is 157 Å². The van der Waals surface area contributed by atoms with E-state index in [0.717, 1.165) is 22.3 Å². The predicted octanol–water partition coefficient (Wildman–Crippen LogP) is 4.16. The number of carbonyl (C=O) groups excluding carboxylic acids is 1. The van der Waals surface area contributed by atoms with Crippen molar-refractivity contribution < 1.29 is 14.6 Å². The molecule has 0 amide bonds. The van der Waals surface area contributed by atoms with Crippen molar-refractivity contribution in [1.29, 1.82) is 0 Å². The van der Waals surface area contributed by atoms with Gasteiger partial charge < -0.3 is 14.6 Å². The third-order valence-electron chi connectivity index (χ3n) is 5.49. The van der Waals surface area contributed by atoms with E-state index in [4.69, 9.17) is 4.74 Å². The number of carboxylic acids is 1. The van der Waals surface area contributed by atoms with Gasteiger partial charge in [0.2, 0.25) is 0 Å². The number of allylic oxidation sites excluding steroid dienone is 2. The summed E-state index contributed by atoms with van der Waals surface area (Å²) in [6, 6.07) is 8.15. The van der Waals surface area contributed by atoms with Crippen LogP contribution in [0.4, 0.5) is 0 Å². The molecule has 1 aromatic rings. The van der Waals surface area contributed by atoms with Crippen LogP contribution in [-0.2, 0) is 9.53 Å². The number of aliphatic carboxylic acids is 1. The summed E-state index contributed by atoms with van der Waals surface area (Å²) in [7, 11) is 1.60. The normalized spacial score (nSPS) is 24.1. The smallest absolute Gasteiger partial charge is 0.103 e. The fourth-order valence-electron chi connectivity index (χ4n) is 3.97. The minimum atomic E-state index is -1.09. The number of hydrogen-bond donors (Lipinski definition) is 0. The quantitative estimate of drug-likeness (QED) is 0.818. The van der Waals surface area contributed by atoms with Gasteiger partial charge >= 0.3 is 0 Å². The van der Waals surface area contributed by atoms with Crippen LogP contribution in [0.15, 0.2) is 42.0 Å². The summed E-state index contributed by atoms with van der Waals surface area (Å²) >= 11 is 0. The summed E-state index contributed by atoms with van der Waals surface area (Å²) in [4.78, 5) is 12.3. The summed E-state index contributed by atoms with van der Waals surface area (Å²) < 4.78 is 6.00. The van der Waals surface area contributed by atoms with E-state index in [1.165, 1.54) is 0 Å². The first-order chi connectivity index (χ1) is 11.8. The number of ether oxygens (including phenoxy) is 1. The molecule has 0 radical (unpaired) electrons. The highest BCUT2D eigenvalue weighted by Gasteiger charge is 2.52. The zero-order valence-corrected chi connectivity index (χ0v) is 17.3. The molecule has 2 unspecified atom stereocenters. The van der Waals surface area contributed by atoms with Crippen molar-refractivity contribution in [3.63, 3.8) is 0 Å². The van der Waals surface area contributed by atoms with Crippen LogP contribution in [0, 0.1) is 23.7 Å². The Morgan fingerprint density at radius 2 is 1.69 bits per heavy atom. The fraction of sp³-hybridized carbons (Fsp3) is 0.522. The van der Waals surface area contributed by atoms with Crippen molar-refractivity contribution in [2.75, 3.05) is 7.11 Å². The molecule has 0 heterocycles. The molecule has 2 atom stereocenters. The lowest BCUT2D eigenvalue weighted by Crippen LogP contribution is -2.58. The van der Waals surface area contributed by atoms with Crippen LogP contribution >= 0.6 is 0 Å². The molecule has 2 rings (SSSR count). The Morgan fingerprint density at radius 3 is 2.12 bits per heavy atom. The minimum Gasteiger partial charge on any atom is -0.549 e. The van der Waals surface area contributed by atoms with Crippen LogP contribution < -0.4 is 5.11 Å². The number of benzene rings is 1. The van der Waals surface area contributed by atoms with Crippen molar-refractivity contribution >= 4 is 11.5 Å². The highest BCUT2D eigenvalue weighted by molar-refractivity contribution is 5.85. The molecule has 0 saturated carbocycles. The molecule has 1 aliphatic carbocycles. The van der Waals surface area contributed by atoms with Gasteiger partial charge in [0, 0.05) is 7.11 Å². The highest BCUT2D eigenvalue weighted by atomic mass is 16.5. The Morgan fingerprint density at radius 1 is 1.12 bits per heavy atom. The standard InChI is InChI=1S/C23H32O3/c1-15-11-9-10-12-17(15)16-13-18(21(2,3)4)19(20(24)25)23(14-16,26-8)22(5,6)7/h9-14,19H,1-8H3,(H,24,25)/p-1. The number of carbonyl (C=O) groups is 1. The molecule has 26 heavy (non-hydrogen) atoms. The predicted molar refractivity (Wildman–Crippen MR) is 104 cm³/mol. The Kier molecular flexibility index (Phi) is 5.26. The minimum absolute atomic E-state index is 0.331. The number of carboxylic acid groups (broad SMARTS) is 1. The van der Waals surface area contributed by atoms with E-state index in [1.54, 1.807) is 7.11 Å². The van der Waals surface area contributed by atoms with Gasteiger partial charge in [0.05, 0.1) is 11.9 Å². The second-order valence-corrected chi connectivity index (χ2v) is 9.26. The molecule has 0 aliphatic heterocycles. The molecular formula is C23H31O3-. The molecule has 0 saturated heterocycles. The average Bonchev–Trinajstić information content (AvgIpc) is 2.51. The van der Waals surface area contributed by atoms with Crippen molar-refractivity contribution in [3.05, 3.63) is 53.1 Å². The lowest BCUT2D eigenvalue weighted by molar-refractivity contribution is -0.317. The van der Waals surface area contributed by atoms with E-state index in [2.05, 4.69) is 19.1 Å². The Balaban J connectivity index is 2.87. The van der Waals surface area contributed by atoms with Gasteiger partial charge in [-0.25, -0.2) is 0 Å². The summed E-state index contributed by atoms with van der Waals surface area (Å²) in [5.41, 5.74) is 2.30. The van der Waals surface area contributed by atoms with Crippen LogP contribution in [0.1, 0.15) is 52.7 Å². The number of aryl methyl sites for hydroxylation is 1. The largest absolute Gasteiger partial charge is 0.549 e.